The Kier molecular flexibility index (Phi) is 6.41. The van der Waals surface area contributed by atoms with Crippen molar-refractivity contribution < 1.29 is 19.4 Å². The van der Waals surface area contributed by atoms with Crippen molar-refractivity contribution in [3.8, 4) is 0 Å². The zero-order valence-corrected chi connectivity index (χ0v) is 12.4. The molecular formula is C14H25N3O4. The summed E-state index contributed by atoms with van der Waals surface area (Å²) in [7, 11) is 0. The first-order valence-electron chi connectivity index (χ1n) is 7.69. The molecule has 0 saturated carbocycles. The average Bonchev–Trinajstić information content (AvgIpc) is 2.48. The maximum Gasteiger partial charge on any atom is 0.317 e. The van der Waals surface area contributed by atoms with E-state index in [1.807, 2.05) is 9.80 Å². The third kappa shape index (κ3) is 5.61. The summed E-state index contributed by atoms with van der Waals surface area (Å²) in [5.74, 6) is -0.705. The minimum Gasteiger partial charge on any atom is -0.480 e. The van der Waals surface area contributed by atoms with Crippen LogP contribution < -0.4 is 5.32 Å². The van der Waals surface area contributed by atoms with Gasteiger partial charge in [0, 0.05) is 26.2 Å². The molecule has 0 atom stereocenters. The Bertz CT molecular complexity index is 350. The first-order chi connectivity index (χ1) is 10.1. The number of hydrogen-bond donors (Lipinski definition) is 2. The van der Waals surface area contributed by atoms with Gasteiger partial charge in [-0.2, -0.15) is 0 Å². The first kappa shape index (κ1) is 16.2. The van der Waals surface area contributed by atoms with Crippen molar-refractivity contribution in [2.24, 2.45) is 0 Å². The van der Waals surface area contributed by atoms with Gasteiger partial charge in [-0.25, -0.2) is 0 Å². The van der Waals surface area contributed by atoms with E-state index < -0.39 is 5.97 Å². The van der Waals surface area contributed by atoms with Gasteiger partial charge in [0.25, 0.3) is 0 Å². The third-order valence-corrected chi connectivity index (χ3v) is 4.04. The molecule has 2 aliphatic rings. The van der Waals surface area contributed by atoms with E-state index in [1.165, 1.54) is 0 Å². The lowest BCUT2D eigenvalue weighted by Crippen LogP contribution is -2.50. The monoisotopic (exact) mass is 299 g/mol. The van der Waals surface area contributed by atoms with Crippen molar-refractivity contribution in [1.29, 1.82) is 0 Å². The predicted molar refractivity (Wildman–Crippen MR) is 77.1 cm³/mol. The van der Waals surface area contributed by atoms with Crippen LogP contribution >= 0.6 is 0 Å². The molecule has 0 aromatic rings. The van der Waals surface area contributed by atoms with E-state index in [1.54, 1.807) is 0 Å². The number of amides is 1. The second-order valence-electron chi connectivity index (χ2n) is 5.62. The van der Waals surface area contributed by atoms with Crippen LogP contribution in [0.25, 0.3) is 0 Å². The highest BCUT2D eigenvalue weighted by Gasteiger charge is 2.22. The molecule has 0 unspecified atom stereocenters. The molecule has 120 valence electrons. The van der Waals surface area contributed by atoms with Crippen LogP contribution in [0.1, 0.15) is 19.3 Å². The second-order valence-corrected chi connectivity index (χ2v) is 5.62. The summed E-state index contributed by atoms with van der Waals surface area (Å²) < 4.78 is 5.74. The summed E-state index contributed by atoms with van der Waals surface area (Å²) in [6, 6.07) is 0. The van der Waals surface area contributed by atoms with Gasteiger partial charge in [0.15, 0.2) is 0 Å². The zero-order valence-electron chi connectivity index (χ0n) is 12.4. The maximum absolute atomic E-state index is 12.1. The molecule has 1 amide bonds. The summed E-state index contributed by atoms with van der Waals surface area (Å²) in [6.07, 6.45) is 2.74. The number of rotatable bonds is 6. The predicted octanol–water partition coefficient (Wildman–Crippen LogP) is -0.626. The van der Waals surface area contributed by atoms with Crippen LogP contribution in [0.5, 0.6) is 0 Å². The van der Waals surface area contributed by atoms with E-state index in [0.717, 1.165) is 25.9 Å². The van der Waals surface area contributed by atoms with Gasteiger partial charge >= 0.3 is 5.97 Å². The minimum absolute atomic E-state index is 0.0564. The molecule has 2 heterocycles. The number of carboxylic acids is 1. The zero-order chi connectivity index (χ0) is 15.1. The van der Waals surface area contributed by atoms with Gasteiger partial charge in [-0.1, -0.05) is 0 Å². The summed E-state index contributed by atoms with van der Waals surface area (Å²) in [5.41, 5.74) is 0. The summed E-state index contributed by atoms with van der Waals surface area (Å²) in [4.78, 5) is 26.4. The van der Waals surface area contributed by atoms with Crippen LogP contribution in [0, 0.1) is 0 Å². The number of piperidine rings is 1. The Balaban J connectivity index is 1.59. The van der Waals surface area contributed by atoms with Gasteiger partial charge in [-0.15, -0.1) is 0 Å². The normalized spacial score (nSPS) is 21.4. The van der Waals surface area contributed by atoms with E-state index in [9.17, 15) is 9.59 Å². The molecule has 2 N–H and O–H groups in total. The molecule has 21 heavy (non-hydrogen) atoms. The van der Waals surface area contributed by atoms with Gasteiger partial charge in [-0.3, -0.25) is 14.5 Å². The van der Waals surface area contributed by atoms with Crippen molar-refractivity contribution in [1.82, 2.24) is 15.1 Å². The van der Waals surface area contributed by atoms with Crippen molar-refractivity contribution in [3.05, 3.63) is 0 Å². The number of nitrogens with zero attached hydrogens (tertiary/aromatic N) is 2. The molecular weight excluding hydrogens is 274 g/mol. The number of ether oxygens (including phenoxy) is 1. The van der Waals surface area contributed by atoms with Crippen molar-refractivity contribution in [2.45, 2.75) is 25.4 Å². The summed E-state index contributed by atoms with van der Waals surface area (Å²) in [5, 5.41) is 12.0. The molecule has 0 bridgehead atoms. The van der Waals surface area contributed by atoms with Crippen LogP contribution in [0.3, 0.4) is 0 Å². The minimum atomic E-state index is -0.815. The van der Waals surface area contributed by atoms with Crippen LogP contribution in [0.15, 0.2) is 0 Å². The Labute approximate surface area is 125 Å². The molecule has 2 rings (SSSR count). The summed E-state index contributed by atoms with van der Waals surface area (Å²) in [6.45, 7) is 5.01. The number of carboxylic acid groups (broad SMARTS) is 1. The van der Waals surface area contributed by atoms with Crippen LogP contribution in [0.2, 0.25) is 0 Å². The standard InChI is InChI=1S/C14H25N3O4/c18-13(3-10-21-12-1-4-15-5-2-12)17-8-6-16(7-9-17)11-14(19)20/h12,15H,1-11H2,(H,19,20). The van der Waals surface area contributed by atoms with E-state index >= 15 is 0 Å². The fourth-order valence-corrected chi connectivity index (χ4v) is 2.78. The average molecular weight is 299 g/mol. The molecule has 0 radical (unpaired) electrons. The largest absolute Gasteiger partial charge is 0.480 e. The van der Waals surface area contributed by atoms with Crippen LogP contribution in [-0.2, 0) is 14.3 Å². The Morgan fingerprint density at radius 2 is 1.81 bits per heavy atom. The van der Waals surface area contributed by atoms with Gasteiger partial charge in [-0.05, 0) is 25.9 Å². The van der Waals surface area contributed by atoms with Crippen molar-refractivity contribution in [2.75, 3.05) is 52.4 Å². The fraction of sp³-hybridized carbons (Fsp3) is 0.857. The lowest BCUT2D eigenvalue weighted by atomic mass is 10.1. The number of carbonyl (C=O) groups is 2. The van der Waals surface area contributed by atoms with Gasteiger partial charge in [0.2, 0.25) is 5.91 Å². The number of hydrogen-bond acceptors (Lipinski definition) is 5. The molecule has 2 fully saturated rings. The lowest BCUT2D eigenvalue weighted by molar-refractivity contribution is -0.139. The Hall–Kier alpha value is -1.18. The van der Waals surface area contributed by atoms with Gasteiger partial charge in [0.05, 0.1) is 25.7 Å². The molecule has 7 heteroatoms. The Morgan fingerprint density at radius 3 is 2.43 bits per heavy atom. The van der Waals surface area contributed by atoms with Gasteiger partial charge in [0.1, 0.15) is 0 Å². The molecule has 0 aromatic carbocycles. The highest BCUT2D eigenvalue weighted by Crippen LogP contribution is 2.09. The number of nitrogens with one attached hydrogen (secondary N) is 1. The van der Waals surface area contributed by atoms with E-state index in [-0.39, 0.29) is 18.6 Å². The molecule has 0 aromatic heterocycles. The van der Waals surface area contributed by atoms with E-state index in [2.05, 4.69) is 5.32 Å². The van der Waals surface area contributed by atoms with Crippen LogP contribution in [0.4, 0.5) is 0 Å². The number of carbonyl (C=O) groups excluding carboxylic acids is 1. The Morgan fingerprint density at radius 1 is 1.14 bits per heavy atom. The first-order valence-corrected chi connectivity index (χ1v) is 7.69. The second kappa shape index (κ2) is 8.31. The molecule has 2 aliphatic heterocycles. The van der Waals surface area contributed by atoms with E-state index in [0.29, 0.717) is 39.2 Å². The molecule has 0 spiro atoms. The third-order valence-electron chi connectivity index (χ3n) is 4.04. The van der Waals surface area contributed by atoms with Crippen molar-refractivity contribution in [3.63, 3.8) is 0 Å². The SMILES string of the molecule is O=C(O)CN1CCN(C(=O)CCOC2CCNCC2)CC1. The lowest BCUT2D eigenvalue weighted by Gasteiger charge is -2.34. The number of aliphatic carboxylic acids is 1. The maximum atomic E-state index is 12.1. The van der Waals surface area contributed by atoms with Crippen molar-refractivity contribution >= 4 is 11.9 Å². The molecule has 7 nitrogen and oxygen atoms in total. The summed E-state index contributed by atoms with van der Waals surface area (Å²) >= 11 is 0. The number of piperazine rings is 1. The fourth-order valence-electron chi connectivity index (χ4n) is 2.78. The highest BCUT2D eigenvalue weighted by atomic mass is 16.5. The highest BCUT2D eigenvalue weighted by molar-refractivity contribution is 5.76. The smallest absolute Gasteiger partial charge is 0.317 e. The molecule has 0 aliphatic carbocycles. The quantitative estimate of drug-likeness (QED) is 0.680. The van der Waals surface area contributed by atoms with E-state index in [4.69, 9.17) is 9.84 Å². The molecule has 2 saturated heterocycles. The van der Waals surface area contributed by atoms with Crippen LogP contribution in [-0.4, -0.2) is 85.3 Å². The topological polar surface area (TPSA) is 82.1 Å². The van der Waals surface area contributed by atoms with Gasteiger partial charge < -0.3 is 20.1 Å².